The van der Waals surface area contributed by atoms with Crippen LogP contribution in [0.4, 0.5) is 0 Å². The van der Waals surface area contributed by atoms with Crippen molar-refractivity contribution in [2.45, 2.75) is 33.6 Å². The molecule has 0 aliphatic heterocycles. The Morgan fingerprint density at radius 2 is 1.83 bits per heavy atom. The van der Waals surface area contributed by atoms with Gasteiger partial charge in [0.05, 0.1) is 12.2 Å². The molecule has 122 valence electrons. The van der Waals surface area contributed by atoms with Crippen LogP contribution in [-0.2, 0) is 0 Å². The first-order valence-electron chi connectivity index (χ1n) is 7.73. The van der Waals surface area contributed by atoms with Crippen LogP contribution in [0.3, 0.4) is 0 Å². The number of carbonyl (C=O) groups is 1. The second-order valence-corrected chi connectivity index (χ2v) is 6.40. The van der Waals surface area contributed by atoms with Gasteiger partial charge in [0.25, 0.3) is 0 Å². The average Bonchev–Trinajstić information content (AvgIpc) is 2.51. The van der Waals surface area contributed by atoms with Gasteiger partial charge in [0, 0.05) is 4.47 Å². The van der Waals surface area contributed by atoms with Gasteiger partial charge in [-0.25, -0.2) is 4.79 Å². The Bertz CT molecular complexity index is 672. The van der Waals surface area contributed by atoms with Crippen LogP contribution < -0.4 is 9.47 Å². The molecule has 2 aromatic rings. The maximum Gasteiger partial charge on any atom is 0.343 e. The maximum absolute atomic E-state index is 12.4. The van der Waals surface area contributed by atoms with Crippen LogP contribution in [0.5, 0.6) is 11.5 Å². The standard InChI is InChI=1S/C19H21BrO3/c1-4-5-9-22-17-8-6-7-15(12-17)19(21)23-18-13(2)10-16(20)11-14(18)3/h6-8,10-12H,4-5,9H2,1-3H3. The molecule has 0 spiro atoms. The molecule has 0 bridgehead atoms. The first kappa shape index (κ1) is 17.5. The van der Waals surface area contributed by atoms with Crippen molar-refractivity contribution in [3.8, 4) is 11.5 Å². The van der Waals surface area contributed by atoms with E-state index in [0.717, 1.165) is 28.4 Å². The number of halogens is 1. The molecule has 0 radical (unpaired) electrons. The van der Waals surface area contributed by atoms with Crippen LogP contribution in [0.2, 0.25) is 0 Å². The molecule has 3 nitrogen and oxygen atoms in total. The van der Waals surface area contributed by atoms with Gasteiger partial charge in [-0.15, -0.1) is 0 Å². The van der Waals surface area contributed by atoms with E-state index >= 15 is 0 Å². The van der Waals surface area contributed by atoms with Crippen molar-refractivity contribution in [2.75, 3.05) is 6.61 Å². The molecule has 0 heterocycles. The van der Waals surface area contributed by atoms with Crippen molar-refractivity contribution >= 4 is 21.9 Å². The van der Waals surface area contributed by atoms with E-state index < -0.39 is 0 Å². The van der Waals surface area contributed by atoms with Crippen LogP contribution in [-0.4, -0.2) is 12.6 Å². The number of carbonyl (C=O) groups excluding carboxylic acids is 1. The predicted molar refractivity (Wildman–Crippen MR) is 95.4 cm³/mol. The van der Waals surface area contributed by atoms with Crippen LogP contribution >= 0.6 is 15.9 Å². The molecule has 0 saturated heterocycles. The summed E-state index contributed by atoms with van der Waals surface area (Å²) in [6, 6.07) is 11.0. The summed E-state index contributed by atoms with van der Waals surface area (Å²) in [4.78, 5) is 12.4. The molecule has 4 heteroatoms. The van der Waals surface area contributed by atoms with Gasteiger partial charge < -0.3 is 9.47 Å². The van der Waals surface area contributed by atoms with Crippen molar-refractivity contribution in [1.29, 1.82) is 0 Å². The number of hydrogen-bond acceptors (Lipinski definition) is 3. The fourth-order valence-corrected chi connectivity index (χ4v) is 2.94. The monoisotopic (exact) mass is 376 g/mol. The number of esters is 1. The third kappa shape index (κ3) is 4.83. The molecule has 2 rings (SSSR count). The quantitative estimate of drug-likeness (QED) is 0.381. The molecule has 2 aromatic carbocycles. The van der Waals surface area contributed by atoms with Gasteiger partial charge >= 0.3 is 5.97 Å². The van der Waals surface area contributed by atoms with E-state index in [0.29, 0.717) is 23.7 Å². The van der Waals surface area contributed by atoms with Crippen molar-refractivity contribution in [3.63, 3.8) is 0 Å². The molecular formula is C19H21BrO3. The fraction of sp³-hybridized carbons (Fsp3) is 0.316. The Morgan fingerprint density at radius 3 is 2.48 bits per heavy atom. The normalized spacial score (nSPS) is 10.4. The maximum atomic E-state index is 12.4. The highest BCUT2D eigenvalue weighted by Gasteiger charge is 2.13. The lowest BCUT2D eigenvalue weighted by atomic mass is 10.1. The first-order valence-corrected chi connectivity index (χ1v) is 8.52. The van der Waals surface area contributed by atoms with Crippen molar-refractivity contribution in [2.24, 2.45) is 0 Å². The van der Waals surface area contributed by atoms with E-state index in [9.17, 15) is 4.79 Å². The predicted octanol–water partition coefficient (Wildman–Crippen LogP) is 5.46. The summed E-state index contributed by atoms with van der Waals surface area (Å²) >= 11 is 3.44. The first-order chi connectivity index (χ1) is 11.0. The van der Waals surface area contributed by atoms with Crippen LogP contribution in [0.15, 0.2) is 40.9 Å². The lowest BCUT2D eigenvalue weighted by Gasteiger charge is -2.12. The zero-order valence-electron chi connectivity index (χ0n) is 13.7. The van der Waals surface area contributed by atoms with Gasteiger partial charge in [0.2, 0.25) is 0 Å². The fourth-order valence-electron chi connectivity index (χ4n) is 2.26. The van der Waals surface area contributed by atoms with Crippen molar-refractivity contribution < 1.29 is 14.3 Å². The third-order valence-electron chi connectivity index (χ3n) is 3.46. The van der Waals surface area contributed by atoms with Crippen LogP contribution in [0.1, 0.15) is 41.3 Å². The summed E-state index contributed by atoms with van der Waals surface area (Å²) in [5, 5.41) is 0. The van der Waals surface area contributed by atoms with Gasteiger partial charge in [-0.05, 0) is 61.7 Å². The summed E-state index contributed by atoms with van der Waals surface area (Å²) in [7, 11) is 0. The number of benzene rings is 2. The second kappa shape index (κ2) is 8.16. The SMILES string of the molecule is CCCCOc1cccc(C(=O)Oc2c(C)cc(Br)cc2C)c1. The lowest BCUT2D eigenvalue weighted by molar-refractivity contribution is 0.0731. The minimum atomic E-state index is -0.375. The number of unbranched alkanes of at least 4 members (excludes halogenated alkanes) is 1. The highest BCUT2D eigenvalue weighted by atomic mass is 79.9. The van der Waals surface area contributed by atoms with E-state index in [4.69, 9.17) is 9.47 Å². The smallest absolute Gasteiger partial charge is 0.343 e. The molecule has 0 aromatic heterocycles. The van der Waals surface area contributed by atoms with Crippen LogP contribution in [0.25, 0.3) is 0 Å². The van der Waals surface area contributed by atoms with Gasteiger partial charge in [0.15, 0.2) is 0 Å². The molecular weight excluding hydrogens is 356 g/mol. The van der Waals surface area contributed by atoms with E-state index in [1.807, 2.05) is 32.0 Å². The molecule has 0 amide bonds. The Labute approximate surface area is 145 Å². The van der Waals surface area contributed by atoms with E-state index in [2.05, 4.69) is 22.9 Å². The molecule has 0 aliphatic carbocycles. The zero-order chi connectivity index (χ0) is 16.8. The molecule has 0 atom stereocenters. The van der Waals surface area contributed by atoms with Crippen molar-refractivity contribution in [3.05, 3.63) is 57.6 Å². The minimum Gasteiger partial charge on any atom is -0.494 e. The van der Waals surface area contributed by atoms with Gasteiger partial charge in [-0.3, -0.25) is 0 Å². The van der Waals surface area contributed by atoms with Gasteiger partial charge in [0.1, 0.15) is 11.5 Å². The molecule has 0 saturated carbocycles. The summed E-state index contributed by atoms with van der Waals surface area (Å²) in [5.74, 6) is 0.923. The van der Waals surface area contributed by atoms with Crippen LogP contribution in [0, 0.1) is 13.8 Å². The average molecular weight is 377 g/mol. The number of rotatable bonds is 6. The second-order valence-electron chi connectivity index (χ2n) is 5.49. The topological polar surface area (TPSA) is 35.5 Å². The van der Waals surface area contributed by atoms with E-state index in [1.54, 1.807) is 18.2 Å². The molecule has 0 N–H and O–H groups in total. The van der Waals surface area contributed by atoms with E-state index in [1.165, 1.54) is 0 Å². The van der Waals surface area contributed by atoms with Crippen molar-refractivity contribution in [1.82, 2.24) is 0 Å². The summed E-state index contributed by atoms with van der Waals surface area (Å²) in [6.07, 6.45) is 2.07. The summed E-state index contributed by atoms with van der Waals surface area (Å²) in [6.45, 7) is 6.61. The minimum absolute atomic E-state index is 0.375. The zero-order valence-corrected chi connectivity index (χ0v) is 15.3. The summed E-state index contributed by atoms with van der Waals surface area (Å²) < 4.78 is 12.2. The number of ether oxygens (including phenoxy) is 2. The molecule has 23 heavy (non-hydrogen) atoms. The van der Waals surface area contributed by atoms with Gasteiger partial charge in [-0.1, -0.05) is 35.3 Å². The third-order valence-corrected chi connectivity index (χ3v) is 3.91. The van der Waals surface area contributed by atoms with E-state index in [-0.39, 0.29) is 5.97 Å². The molecule has 0 aliphatic rings. The number of hydrogen-bond donors (Lipinski definition) is 0. The molecule has 0 fully saturated rings. The Balaban J connectivity index is 2.13. The Hall–Kier alpha value is -1.81. The largest absolute Gasteiger partial charge is 0.494 e. The highest BCUT2D eigenvalue weighted by Crippen LogP contribution is 2.28. The number of aryl methyl sites for hydroxylation is 2. The highest BCUT2D eigenvalue weighted by molar-refractivity contribution is 9.10. The van der Waals surface area contributed by atoms with Gasteiger partial charge in [-0.2, -0.15) is 0 Å². The Morgan fingerprint density at radius 1 is 1.13 bits per heavy atom. The molecule has 0 unspecified atom stereocenters. The Kier molecular flexibility index (Phi) is 6.22. The summed E-state index contributed by atoms with van der Waals surface area (Å²) in [5.41, 5.74) is 2.32. The lowest BCUT2D eigenvalue weighted by Crippen LogP contribution is -2.10.